The number of ether oxygens (including phenoxy) is 1. The normalized spacial score (nSPS) is 15.8. The van der Waals surface area contributed by atoms with E-state index in [0.29, 0.717) is 6.04 Å². The zero-order valence-corrected chi connectivity index (χ0v) is 18.5. The molecule has 3 aromatic carbocycles. The minimum atomic E-state index is -0.460. The number of methoxy groups -OCH3 is 1. The summed E-state index contributed by atoms with van der Waals surface area (Å²) in [7, 11) is 1.38. The second kappa shape index (κ2) is 10.9. The molecule has 5 nitrogen and oxygen atoms in total. The Labute approximate surface area is 190 Å². The number of hydrogen-bond acceptors (Lipinski definition) is 4. The van der Waals surface area contributed by atoms with Crippen LogP contribution in [0.2, 0.25) is 0 Å². The second-order valence-corrected chi connectivity index (χ2v) is 8.25. The number of carbonyl (C=O) groups excluding carboxylic acids is 1. The first-order chi connectivity index (χ1) is 15.7. The molecule has 32 heavy (non-hydrogen) atoms. The Balaban J connectivity index is 1.48. The van der Waals surface area contributed by atoms with Crippen LogP contribution in [0.1, 0.15) is 35.6 Å². The van der Waals surface area contributed by atoms with Crippen molar-refractivity contribution in [3.63, 3.8) is 0 Å². The first kappa shape index (κ1) is 22.1. The monoisotopic (exact) mass is 429 g/mol. The number of anilines is 1. The Hall–Kier alpha value is -3.15. The molecule has 0 radical (unpaired) electrons. The summed E-state index contributed by atoms with van der Waals surface area (Å²) in [4.78, 5) is 14.4. The Morgan fingerprint density at radius 2 is 1.56 bits per heavy atom. The van der Waals surface area contributed by atoms with Crippen LogP contribution in [0.25, 0.3) is 0 Å². The van der Waals surface area contributed by atoms with Gasteiger partial charge in [-0.25, -0.2) is 4.79 Å². The van der Waals surface area contributed by atoms with Crippen molar-refractivity contribution in [3.05, 3.63) is 102 Å². The lowest BCUT2D eigenvalue weighted by Crippen LogP contribution is -2.43. The number of piperidine rings is 1. The molecule has 1 aliphatic heterocycles. The topological polar surface area (TPSA) is 53.6 Å². The number of carbonyl (C=O) groups is 1. The van der Waals surface area contributed by atoms with Gasteiger partial charge in [-0.3, -0.25) is 10.2 Å². The molecule has 1 amide bonds. The summed E-state index contributed by atoms with van der Waals surface area (Å²) in [5, 5.41) is 6.76. The van der Waals surface area contributed by atoms with Crippen LogP contribution < -0.4 is 10.6 Å². The third-order valence-electron chi connectivity index (χ3n) is 6.07. The lowest BCUT2D eigenvalue weighted by atomic mass is 9.94. The molecule has 0 saturated carbocycles. The van der Waals surface area contributed by atoms with E-state index >= 15 is 0 Å². The molecule has 0 aromatic heterocycles. The average Bonchev–Trinajstić information content (AvgIpc) is 2.85. The molecule has 166 valence electrons. The fourth-order valence-corrected chi connectivity index (χ4v) is 4.37. The predicted molar refractivity (Wildman–Crippen MR) is 129 cm³/mol. The molecule has 1 fully saturated rings. The highest BCUT2D eigenvalue weighted by Gasteiger charge is 2.25. The average molecular weight is 430 g/mol. The number of likely N-dealkylation sites (tertiary alicyclic amines) is 1. The van der Waals surface area contributed by atoms with Crippen molar-refractivity contribution in [2.24, 2.45) is 0 Å². The Morgan fingerprint density at radius 1 is 0.938 bits per heavy atom. The quantitative estimate of drug-likeness (QED) is 0.541. The molecule has 1 aliphatic rings. The van der Waals surface area contributed by atoms with Crippen LogP contribution in [0.4, 0.5) is 10.5 Å². The third kappa shape index (κ3) is 5.75. The fraction of sp³-hybridized carbons (Fsp3) is 0.296. The van der Waals surface area contributed by atoms with Crippen molar-refractivity contribution < 1.29 is 9.53 Å². The molecule has 0 bridgehead atoms. The highest BCUT2D eigenvalue weighted by Crippen LogP contribution is 2.30. The molecule has 1 heterocycles. The Kier molecular flexibility index (Phi) is 7.54. The number of para-hydroxylation sites is 1. The maximum absolute atomic E-state index is 11.9. The summed E-state index contributed by atoms with van der Waals surface area (Å²) >= 11 is 0. The summed E-state index contributed by atoms with van der Waals surface area (Å²) < 4.78 is 4.83. The van der Waals surface area contributed by atoms with Crippen LogP contribution in [0.5, 0.6) is 0 Å². The zero-order chi connectivity index (χ0) is 22.2. The highest BCUT2D eigenvalue weighted by atomic mass is 16.5. The summed E-state index contributed by atoms with van der Waals surface area (Å²) in [6.45, 7) is 3.13. The SMILES string of the molecule is COC(=O)Nc1ccccc1C(NC1CCN(Cc2ccccc2)CC1)c1ccccc1. The smallest absolute Gasteiger partial charge is 0.411 e. The predicted octanol–water partition coefficient (Wildman–Crippen LogP) is 5.21. The van der Waals surface area contributed by atoms with Crippen LogP contribution in [-0.2, 0) is 11.3 Å². The number of rotatable bonds is 7. The zero-order valence-electron chi connectivity index (χ0n) is 18.5. The lowest BCUT2D eigenvalue weighted by Gasteiger charge is -2.35. The van der Waals surface area contributed by atoms with Gasteiger partial charge >= 0.3 is 6.09 Å². The van der Waals surface area contributed by atoms with E-state index in [1.54, 1.807) is 0 Å². The maximum atomic E-state index is 11.9. The van der Waals surface area contributed by atoms with E-state index < -0.39 is 6.09 Å². The number of benzene rings is 3. The summed E-state index contributed by atoms with van der Waals surface area (Å²) in [6, 6.07) is 29.4. The molecular formula is C27H31N3O2. The van der Waals surface area contributed by atoms with Gasteiger partial charge in [-0.2, -0.15) is 0 Å². The van der Waals surface area contributed by atoms with Gasteiger partial charge in [0.05, 0.1) is 13.2 Å². The van der Waals surface area contributed by atoms with Crippen molar-refractivity contribution in [1.82, 2.24) is 10.2 Å². The van der Waals surface area contributed by atoms with E-state index in [-0.39, 0.29) is 6.04 Å². The maximum Gasteiger partial charge on any atom is 0.411 e. The van der Waals surface area contributed by atoms with Crippen molar-refractivity contribution >= 4 is 11.8 Å². The van der Waals surface area contributed by atoms with Gasteiger partial charge in [0.25, 0.3) is 0 Å². The molecule has 3 aromatic rings. The summed E-state index contributed by atoms with van der Waals surface area (Å²) in [5.74, 6) is 0. The largest absolute Gasteiger partial charge is 0.453 e. The molecule has 2 N–H and O–H groups in total. The van der Waals surface area contributed by atoms with Crippen molar-refractivity contribution in [2.45, 2.75) is 31.5 Å². The van der Waals surface area contributed by atoms with E-state index in [4.69, 9.17) is 4.74 Å². The van der Waals surface area contributed by atoms with E-state index in [0.717, 1.165) is 43.7 Å². The van der Waals surface area contributed by atoms with Gasteiger partial charge in [0.2, 0.25) is 0 Å². The van der Waals surface area contributed by atoms with Crippen LogP contribution in [0.3, 0.4) is 0 Å². The molecule has 1 atom stereocenters. The minimum Gasteiger partial charge on any atom is -0.453 e. The van der Waals surface area contributed by atoms with Gasteiger partial charge in [-0.05, 0) is 48.7 Å². The molecular weight excluding hydrogens is 398 g/mol. The van der Waals surface area contributed by atoms with Crippen LogP contribution in [0, 0.1) is 0 Å². The molecule has 0 spiro atoms. The van der Waals surface area contributed by atoms with Crippen LogP contribution >= 0.6 is 0 Å². The van der Waals surface area contributed by atoms with Gasteiger partial charge in [-0.1, -0.05) is 78.9 Å². The fourth-order valence-electron chi connectivity index (χ4n) is 4.37. The number of nitrogens with zero attached hydrogens (tertiary/aromatic N) is 1. The molecule has 1 saturated heterocycles. The Bertz CT molecular complexity index is 986. The van der Waals surface area contributed by atoms with Gasteiger partial charge < -0.3 is 10.1 Å². The van der Waals surface area contributed by atoms with Gasteiger partial charge in [0, 0.05) is 18.3 Å². The van der Waals surface area contributed by atoms with E-state index in [2.05, 4.69) is 76.2 Å². The molecule has 5 heteroatoms. The number of amides is 1. The van der Waals surface area contributed by atoms with Crippen LogP contribution in [0.15, 0.2) is 84.9 Å². The molecule has 0 aliphatic carbocycles. The van der Waals surface area contributed by atoms with E-state index in [9.17, 15) is 4.79 Å². The first-order valence-electron chi connectivity index (χ1n) is 11.2. The Morgan fingerprint density at radius 3 is 2.25 bits per heavy atom. The molecule has 4 rings (SSSR count). The number of hydrogen-bond donors (Lipinski definition) is 2. The van der Waals surface area contributed by atoms with Crippen molar-refractivity contribution in [2.75, 3.05) is 25.5 Å². The summed E-state index contributed by atoms with van der Waals surface area (Å²) in [6.07, 6.45) is 1.71. The van der Waals surface area contributed by atoms with Crippen molar-refractivity contribution in [1.29, 1.82) is 0 Å². The lowest BCUT2D eigenvalue weighted by molar-refractivity contribution is 0.186. The van der Waals surface area contributed by atoms with E-state index in [1.165, 1.54) is 18.2 Å². The minimum absolute atomic E-state index is 0.0183. The molecule has 1 unspecified atom stereocenters. The summed E-state index contributed by atoms with van der Waals surface area (Å²) in [5.41, 5.74) is 4.35. The highest BCUT2D eigenvalue weighted by molar-refractivity contribution is 5.85. The van der Waals surface area contributed by atoms with Crippen molar-refractivity contribution in [3.8, 4) is 0 Å². The van der Waals surface area contributed by atoms with Gasteiger partial charge in [-0.15, -0.1) is 0 Å². The second-order valence-electron chi connectivity index (χ2n) is 8.25. The van der Waals surface area contributed by atoms with Crippen LogP contribution in [-0.4, -0.2) is 37.2 Å². The third-order valence-corrected chi connectivity index (χ3v) is 6.07. The van der Waals surface area contributed by atoms with Gasteiger partial charge in [0.1, 0.15) is 0 Å². The first-order valence-corrected chi connectivity index (χ1v) is 11.2. The van der Waals surface area contributed by atoms with E-state index in [1.807, 2.05) is 24.3 Å². The standard InChI is InChI=1S/C27H31N3O2/c1-32-27(31)29-25-15-9-8-14-24(25)26(22-12-6-3-7-13-22)28-23-16-18-30(19-17-23)20-21-10-4-2-5-11-21/h2-15,23,26,28H,16-20H2,1H3,(H,29,31). The van der Waals surface area contributed by atoms with Gasteiger partial charge in [0.15, 0.2) is 0 Å². The number of nitrogens with one attached hydrogen (secondary N) is 2.